The Hall–Kier alpha value is -0.885. The first kappa shape index (κ1) is 17.5. The molecule has 1 fully saturated rings. The van der Waals surface area contributed by atoms with Crippen LogP contribution in [-0.2, 0) is 25.1 Å². The predicted octanol–water partition coefficient (Wildman–Crippen LogP) is 1.43. The molecule has 1 N–H and O–H groups in total. The van der Waals surface area contributed by atoms with Gasteiger partial charge in [0.25, 0.3) is 0 Å². The van der Waals surface area contributed by atoms with Crippen LogP contribution in [-0.4, -0.2) is 33.3 Å². The fourth-order valence-corrected chi connectivity index (χ4v) is 3.46. The average molecular weight is 325 g/mol. The molecular weight excluding hydrogens is 301 g/mol. The van der Waals surface area contributed by atoms with Crippen LogP contribution in [0.5, 0.6) is 0 Å². The van der Waals surface area contributed by atoms with E-state index in [4.69, 9.17) is 9.31 Å². The topological polar surface area (TPSA) is 64.6 Å². The minimum Gasteiger partial charge on any atom is -0.399 e. The quantitative estimate of drug-likeness (QED) is 0.832. The number of nitrogens with one attached hydrogen (secondary N) is 1. The van der Waals surface area contributed by atoms with E-state index in [2.05, 4.69) is 4.72 Å². The summed E-state index contributed by atoms with van der Waals surface area (Å²) in [4.78, 5) is 0. The summed E-state index contributed by atoms with van der Waals surface area (Å²) >= 11 is 0. The van der Waals surface area contributed by atoms with Gasteiger partial charge in [-0.05, 0) is 38.7 Å². The summed E-state index contributed by atoms with van der Waals surface area (Å²) in [5, 5.41) is 0. The van der Waals surface area contributed by atoms with Crippen LogP contribution in [0.1, 0.15) is 40.2 Å². The highest BCUT2D eigenvalue weighted by molar-refractivity contribution is 7.88. The summed E-state index contributed by atoms with van der Waals surface area (Å²) in [6.07, 6.45) is 0. The molecule has 122 valence electrons. The molecule has 1 aromatic rings. The third-order valence-corrected chi connectivity index (χ3v) is 5.64. The van der Waals surface area contributed by atoms with Gasteiger partial charge in [-0.25, -0.2) is 13.1 Å². The molecule has 0 amide bonds. The second kappa shape index (κ2) is 5.96. The SMILES string of the molecule is CCNS(=O)(=O)Cc1cccc(B2OC(C)(C)C(C)(C)O2)c1. The first-order valence-electron chi connectivity index (χ1n) is 7.48. The third-order valence-electron chi connectivity index (χ3n) is 4.20. The van der Waals surface area contributed by atoms with Gasteiger partial charge in [-0.3, -0.25) is 0 Å². The second-order valence-corrected chi connectivity index (χ2v) is 8.40. The van der Waals surface area contributed by atoms with Gasteiger partial charge >= 0.3 is 7.12 Å². The van der Waals surface area contributed by atoms with Crippen LogP contribution in [0.3, 0.4) is 0 Å². The largest absolute Gasteiger partial charge is 0.494 e. The van der Waals surface area contributed by atoms with Gasteiger partial charge in [0.05, 0.1) is 17.0 Å². The molecular formula is C15H24BNO4S. The molecule has 0 bridgehead atoms. The molecule has 0 aromatic heterocycles. The van der Waals surface area contributed by atoms with Crippen molar-refractivity contribution in [1.82, 2.24) is 4.72 Å². The van der Waals surface area contributed by atoms with E-state index in [1.807, 2.05) is 45.9 Å². The Morgan fingerprint density at radius 1 is 1.14 bits per heavy atom. The standard InChI is InChI=1S/C15H24BNO4S/c1-6-17-22(18,19)11-12-8-7-9-13(10-12)16-20-14(2,3)15(4,5)21-16/h7-10,17H,6,11H2,1-5H3. The number of benzene rings is 1. The Morgan fingerprint density at radius 2 is 1.73 bits per heavy atom. The monoisotopic (exact) mass is 325 g/mol. The highest BCUT2D eigenvalue weighted by atomic mass is 32.2. The molecule has 1 heterocycles. The van der Waals surface area contributed by atoms with Gasteiger partial charge < -0.3 is 9.31 Å². The fourth-order valence-electron chi connectivity index (χ4n) is 2.30. The van der Waals surface area contributed by atoms with Gasteiger partial charge in [-0.2, -0.15) is 0 Å². The van der Waals surface area contributed by atoms with E-state index < -0.39 is 28.3 Å². The molecule has 0 unspecified atom stereocenters. The number of hydrogen-bond donors (Lipinski definition) is 1. The van der Waals surface area contributed by atoms with Crippen molar-refractivity contribution >= 4 is 22.6 Å². The molecule has 5 nitrogen and oxygen atoms in total. The van der Waals surface area contributed by atoms with E-state index >= 15 is 0 Å². The summed E-state index contributed by atoms with van der Waals surface area (Å²) in [6, 6.07) is 7.35. The van der Waals surface area contributed by atoms with Crippen molar-refractivity contribution in [3.8, 4) is 0 Å². The molecule has 2 rings (SSSR count). The second-order valence-electron chi connectivity index (χ2n) is 6.59. The maximum absolute atomic E-state index is 11.9. The molecule has 1 aliphatic rings. The Balaban J connectivity index is 2.20. The highest BCUT2D eigenvalue weighted by Gasteiger charge is 2.51. The van der Waals surface area contributed by atoms with Gasteiger partial charge in [-0.1, -0.05) is 31.2 Å². The van der Waals surface area contributed by atoms with Crippen molar-refractivity contribution in [3.63, 3.8) is 0 Å². The Kier molecular flexibility index (Phi) is 4.73. The smallest absolute Gasteiger partial charge is 0.399 e. The van der Waals surface area contributed by atoms with Crippen LogP contribution in [0.25, 0.3) is 0 Å². The zero-order valence-corrected chi connectivity index (χ0v) is 14.7. The van der Waals surface area contributed by atoms with E-state index in [1.165, 1.54) is 0 Å². The third kappa shape index (κ3) is 3.71. The minimum absolute atomic E-state index is 0.0474. The van der Waals surface area contributed by atoms with E-state index in [-0.39, 0.29) is 5.75 Å². The lowest BCUT2D eigenvalue weighted by Gasteiger charge is -2.32. The summed E-state index contributed by atoms with van der Waals surface area (Å²) in [5.74, 6) is -0.0474. The van der Waals surface area contributed by atoms with Crippen molar-refractivity contribution in [3.05, 3.63) is 29.8 Å². The van der Waals surface area contributed by atoms with Gasteiger partial charge in [-0.15, -0.1) is 0 Å². The first-order valence-corrected chi connectivity index (χ1v) is 9.13. The zero-order chi connectivity index (χ0) is 16.6. The lowest BCUT2D eigenvalue weighted by Crippen LogP contribution is -2.41. The Morgan fingerprint density at radius 3 is 2.27 bits per heavy atom. The molecule has 1 saturated heterocycles. The molecule has 22 heavy (non-hydrogen) atoms. The fraction of sp³-hybridized carbons (Fsp3) is 0.600. The molecule has 1 aromatic carbocycles. The Bertz CT molecular complexity index is 627. The minimum atomic E-state index is -3.30. The number of hydrogen-bond acceptors (Lipinski definition) is 4. The normalized spacial score (nSPS) is 20.3. The predicted molar refractivity (Wildman–Crippen MR) is 88.5 cm³/mol. The number of rotatable bonds is 5. The van der Waals surface area contributed by atoms with Gasteiger partial charge in [0.2, 0.25) is 10.0 Å². The van der Waals surface area contributed by atoms with Crippen LogP contribution in [0, 0.1) is 0 Å². The van der Waals surface area contributed by atoms with Crippen molar-refractivity contribution in [2.24, 2.45) is 0 Å². The van der Waals surface area contributed by atoms with E-state index in [0.717, 1.165) is 5.46 Å². The molecule has 7 heteroatoms. The summed E-state index contributed by atoms with van der Waals surface area (Å²) in [6.45, 7) is 10.1. The van der Waals surface area contributed by atoms with Crippen molar-refractivity contribution in [2.45, 2.75) is 51.6 Å². The zero-order valence-electron chi connectivity index (χ0n) is 13.8. The Labute approximate surface area is 133 Å². The van der Waals surface area contributed by atoms with Gasteiger partial charge in [0.15, 0.2) is 0 Å². The van der Waals surface area contributed by atoms with E-state index in [1.54, 1.807) is 13.0 Å². The van der Waals surface area contributed by atoms with Crippen LogP contribution in [0.15, 0.2) is 24.3 Å². The molecule has 0 radical (unpaired) electrons. The van der Waals surface area contributed by atoms with Gasteiger partial charge in [0.1, 0.15) is 0 Å². The molecule has 0 spiro atoms. The molecule has 0 atom stereocenters. The average Bonchev–Trinajstić information content (AvgIpc) is 2.58. The molecule has 1 aliphatic heterocycles. The van der Waals surface area contributed by atoms with E-state index in [9.17, 15) is 8.42 Å². The summed E-state index contributed by atoms with van der Waals surface area (Å²) in [7, 11) is -3.78. The van der Waals surface area contributed by atoms with Crippen molar-refractivity contribution < 1.29 is 17.7 Å². The van der Waals surface area contributed by atoms with Crippen LogP contribution < -0.4 is 10.2 Å². The highest BCUT2D eigenvalue weighted by Crippen LogP contribution is 2.36. The summed E-state index contributed by atoms with van der Waals surface area (Å²) in [5.41, 5.74) is 0.726. The molecule has 0 saturated carbocycles. The maximum Gasteiger partial charge on any atom is 0.494 e. The lowest BCUT2D eigenvalue weighted by molar-refractivity contribution is 0.00578. The van der Waals surface area contributed by atoms with Crippen LogP contribution >= 0.6 is 0 Å². The van der Waals surface area contributed by atoms with Crippen LogP contribution in [0.4, 0.5) is 0 Å². The van der Waals surface area contributed by atoms with Crippen molar-refractivity contribution in [2.75, 3.05) is 6.54 Å². The first-order chi connectivity index (χ1) is 10.1. The maximum atomic E-state index is 11.9. The van der Waals surface area contributed by atoms with Gasteiger partial charge in [0, 0.05) is 6.54 Å². The van der Waals surface area contributed by atoms with E-state index in [0.29, 0.717) is 12.1 Å². The summed E-state index contributed by atoms with van der Waals surface area (Å²) < 4.78 is 38.2. The molecule has 0 aliphatic carbocycles. The van der Waals surface area contributed by atoms with Crippen molar-refractivity contribution in [1.29, 1.82) is 0 Å². The van der Waals surface area contributed by atoms with Crippen LogP contribution in [0.2, 0.25) is 0 Å². The number of sulfonamides is 1. The lowest BCUT2D eigenvalue weighted by atomic mass is 9.78.